The summed E-state index contributed by atoms with van der Waals surface area (Å²) in [6.07, 6.45) is 1.55. The van der Waals surface area contributed by atoms with E-state index >= 15 is 0 Å². The Balaban J connectivity index is 2.21. The van der Waals surface area contributed by atoms with Crippen molar-refractivity contribution in [2.75, 3.05) is 0 Å². The van der Waals surface area contributed by atoms with Crippen LogP contribution in [0.5, 0.6) is 11.5 Å². The van der Waals surface area contributed by atoms with Crippen molar-refractivity contribution in [2.24, 2.45) is 0 Å². The van der Waals surface area contributed by atoms with Crippen molar-refractivity contribution in [2.45, 2.75) is 39.5 Å². The average Bonchev–Trinajstić information content (AvgIpc) is 2.57. The van der Waals surface area contributed by atoms with Crippen LogP contribution < -0.4 is 4.74 Å². The fraction of sp³-hybridized carbons (Fsp3) is 0.273. The molecule has 0 radical (unpaired) electrons. The molecule has 4 nitrogen and oxygen atoms in total. The molecule has 0 saturated heterocycles. The largest absolute Gasteiger partial charge is 0.507 e. The van der Waals surface area contributed by atoms with Gasteiger partial charge in [-0.1, -0.05) is 39.5 Å². The van der Waals surface area contributed by atoms with Crippen LogP contribution in [0.4, 0.5) is 0 Å². The van der Waals surface area contributed by atoms with Gasteiger partial charge in [-0.2, -0.15) is 0 Å². The van der Waals surface area contributed by atoms with Crippen LogP contribution >= 0.6 is 0 Å². The molecule has 2 aromatic carbocycles. The Kier molecular flexibility index (Phi) is 5.66. The predicted molar refractivity (Wildman–Crippen MR) is 102 cm³/mol. The summed E-state index contributed by atoms with van der Waals surface area (Å²) in [5.41, 5.74) is 2.23. The zero-order chi connectivity index (χ0) is 19.5. The maximum absolute atomic E-state index is 12.5. The van der Waals surface area contributed by atoms with Gasteiger partial charge in [0, 0.05) is 12.0 Å². The molecule has 0 fully saturated rings. The Morgan fingerprint density at radius 2 is 1.77 bits per heavy atom. The molecule has 0 aromatic heterocycles. The quantitative estimate of drug-likeness (QED) is 0.488. The molecule has 0 atom stereocenters. The molecule has 0 unspecified atom stereocenters. The van der Waals surface area contributed by atoms with Crippen LogP contribution in [0.25, 0.3) is 0 Å². The topological polar surface area (TPSA) is 63.6 Å². The molecule has 0 saturated carbocycles. The number of hydrogen-bond donors (Lipinski definition) is 1. The smallest absolute Gasteiger partial charge is 0.343 e. The van der Waals surface area contributed by atoms with E-state index in [1.54, 1.807) is 43.3 Å². The number of ether oxygens (including phenoxy) is 1. The minimum Gasteiger partial charge on any atom is -0.507 e. The van der Waals surface area contributed by atoms with Crippen LogP contribution in [-0.2, 0) is 16.6 Å². The number of phenolic OH excluding ortho intramolecular Hbond substituents is 1. The minimum atomic E-state index is -0.492. The number of hydrogen-bond acceptors (Lipinski definition) is 4. The van der Waals surface area contributed by atoms with Crippen LogP contribution in [0.15, 0.2) is 49.1 Å². The van der Waals surface area contributed by atoms with Crippen LogP contribution in [0.2, 0.25) is 0 Å². The molecule has 0 heterocycles. The van der Waals surface area contributed by atoms with E-state index in [1.807, 2.05) is 20.8 Å². The van der Waals surface area contributed by atoms with Crippen molar-refractivity contribution in [3.63, 3.8) is 0 Å². The van der Waals surface area contributed by atoms with Gasteiger partial charge in [-0.25, -0.2) is 4.79 Å². The van der Waals surface area contributed by atoms with Gasteiger partial charge in [0.2, 0.25) is 0 Å². The molecule has 0 bridgehead atoms. The normalized spacial score (nSPS) is 11.1. The Hall–Kier alpha value is -2.88. The van der Waals surface area contributed by atoms with Crippen LogP contribution in [-0.4, -0.2) is 16.9 Å². The molecule has 2 aromatic rings. The number of allylic oxidation sites excluding steroid dienone is 1. The first-order valence-electron chi connectivity index (χ1n) is 8.42. The summed E-state index contributed by atoms with van der Waals surface area (Å²) < 4.78 is 5.42. The highest BCUT2D eigenvalue weighted by molar-refractivity contribution is 5.92. The van der Waals surface area contributed by atoms with Crippen LogP contribution in [0.3, 0.4) is 0 Å². The van der Waals surface area contributed by atoms with Gasteiger partial charge in [-0.15, -0.1) is 0 Å². The maximum Gasteiger partial charge on any atom is 0.343 e. The summed E-state index contributed by atoms with van der Waals surface area (Å²) in [6.45, 7) is 11.1. The van der Waals surface area contributed by atoms with Crippen LogP contribution in [0, 0.1) is 6.92 Å². The summed E-state index contributed by atoms with van der Waals surface area (Å²) in [5, 5.41) is 10.3. The first-order chi connectivity index (χ1) is 12.1. The van der Waals surface area contributed by atoms with Gasteiger partial charge in [0.15, 0.2) is 5.78 Å². The van der Waals surface area contributed by atoms with Gasteiger partial charge in [-0.05, 0) is 53.8 Å². The summed E-state index contributed by atoms with van der Waals surface area (Å²) in [5.74, 6) is 0.0377. The van der Waals surface area contributed by atoms with E-state index in [4.69, 9.17) is 4.74 Å². The molecule has 0 aliphatic carbocycles. The number of carbonyl (C=O) groups excluding carboxylic acids is 2. The number of phenols is 1. The highest BCUT2D eigenvalue weighted by atomic mass is 16.5. The summed E-state index contributed by atoms with van der Waals surface area (Å²) in [6, 6.07) is 10.1. The van der Waals surface area contributed by atoms with Crippen molar-refractivity contribution in [3.05, 3.63) is 71.3 Å². The highest BCUT2D eigenvalue weighted by Crippen LogP contribution is 2.34. The lowest BCUT2D eigenvalue weighted by Crippen LogP contribution is -2.15. The van der Waals surface area contributed by atoms with E-state index in [1.165, 1.54) is 6.08 Å². The molecule has 0 aliphatic heterocycles. The molecule has 26 heavy (non-hydrogen) atoms. The molecule has 136 valence electrons. The highest BCUT2D eigenvalue weighted by Gasteiger charge is 2.22. The molecule has 0 amide bonds. The van der Waals surface area contributed by atoms with E-state index in [9.17, 15) is 14.7 Å². The van der Waals surface area contributed by atoms with Crippen molar-refractivity contribution < 1.29 is 19.4 Å². The lowest BCUT2D eigenvalue weighted by atomic mass is 9.84. The molecular formula is C22H24O4. The van der Waals surface area contributed by atoms with Gasteiger partial charge < -0.3 is 9.84 Å². The number of carbonyl (C=O) groups is 2. The number of benzene rings is 2. The van der Waals surface area contributed by atoms with E-state index < -0.39 is 5.97 Å². The van der Waals surface area contributed by atoms with Gasteiger partial charge in [0.05, 0.1) is 5.56 Å². The fourth-order valence-electron chi connectivity index (χ4n) is 2.58. The number of aryl methyl sites for hydroxylation is 1. The predicted octanol–water partition coefficient (Wildman–Crippen LogP) is 4.51. The summed E-state index contributed by atoms with van der Waals surface area (Å²) in [7, 11) is 0. The molecule has 1 N–H and O–H groups in total. The maximum atomic E-state index is 12.5. The monoisotopic (exact) mass is 352 g/mol. The number of aromatic hydroxyl groups is 1. The van der Waals surface area contributed by atoms with Gasteiger partial charge in [-0.3, -0.25) is 4.79 Å². The van der Waals surface area contributed by atoms with Gasteiger partial charge in [0.25, 0.3) is 0 Å². The van der Waals surface area contributed by atoms with Crippen molar-refractivity contribution in [1.29, 1.82) is 0 Å². The summed E-state index contributed by atoms with van der Waals surface area (Å²) >= 11 is 0. The Morgan fingerprint density at radius 1 is 1.15 bits per heavy atom. The Labute approximate surface area is 154 Å². The first kappa shape index (κ1) is 19.4. The number of ketones is 1. The third-order valence-corrected chi connectivity index (χ3v) is 4.08. The van der Waals surface area contributed by atoms with Crippen molar-refractivity contribution in [1.82, 2.24) is 0 Å². The average molecular weight is 352 g/mol. The third-order valence-electron chi connectivity index (χ3n) is 4.08. The molecule has 2 rings (SSSR count). The van der Waals surface area contributed by atoms with Crippen molar-refractivity contribution in [3.8, 4) is 11.5 Å². The minimum absolute atomic E-state index is 0.0657. The second-order valence-electron chi connectivity index (χ2n) is 7.32. The van der Waals surface area contributed by atoms with Gasteiger partial charge >= 0.3 is 5.97 Å². The second-order valence-corrected chi connectivity index (χ2v) is 7.32. The lowest BCUT2D eigenvalue weighted by Gasteiger charge is -2.22. The van der Waals surface area contributed by atoms with E-state index in [-0.39, 0.29) is 23.4 Å². The van der Waals surface area contributed by atoms with E-state index in [2.05, 4.69) is 6.58 Å². The zero-order valence-corrected chi connectivity index (χ0v) is 15.6. The summed E-state index contributed by atoms with van der Waals surface area (Å²) in [4.78, 5) is 23.9. The fourth-order valence-corrected chi connectivity index (χ4v) is 2.58. The Morgan fingerprint density at radius 3 is 2.31 bits per heavy atom. The van der Waals surface area contributed by atoms with Crippen LogP contribution in [0.1, 0.15) is 47.8 Å². The molecule has 0 aliphatic rings. The van der Waals surface area contributed by atoms with Crippen molar-refractivity contribution >= 4 is 11.8 Å². The molecule has 0 spiro atoms. The second kappa shape index (κ2) is 7.56. The zero-order valence-electron chi connectivity index (χ0n) is 15.6. The van der Waals surface area contributed by atoms with E-state index in [0.29, 0.717) is 22.4 Å². The molecule has 4 heteroatoms. The first-order valence-corrected chi connectivity index (χ1v) is 8.42. The molecular weight excluding hydrogens is 328 g/mol. The van der Waals surface area contributed by atoms with Gasteiger partial charge in [0.1, 0.15) is 11.5 Å². The third kappa shape index (κ3) is 4.60. The number of esters is 1. The van der Waals surface area contributed by atoms with E-state index in [0.717, 1.165) is 5.56 Å². The standard InChI is InChI=1S/C22H24O4/c1-6-17(23)12-15-7-9-18(10-8-15)26-21(25)16-11-14(2)20(24)19(13-16)22(3,4)5/h6-11,13,24H,1,12H2,2-5H3. The Bertz CT molecular complexity index is 840. The lowest BCUT2D eigenvalue weighted by molar-refractivity contribution is -0.114. The SMILES string of the molecule is C=CC(=O)Cc1ccc(OC(=O)c2cc(C)c(O)c(C(C)(C)C)c2)cc1. The number of rotatable bonds is 5.